The third kappa shape index (κ3) is 2.70. The van der Waals surface area contributed by atoms with Gasteiger partial charge in [-0.15, -0.1) is 0 Å². The summed E-state index contributed by atoms with van der Waals surface area (Å²) in [6.07, 6.45) is 2.22. The summed E-state index contributed by atoms with van der Waals surface area (Å²) in [4.78, 5) is 8.31. The smallest absolute Gasteiger partial charge is 0.258 e. The minimum absolute atomic E-state index is 0.424. The second-order valence-corrected chi connectivity index (χ2v) is 5.11. The van der Waals surface area contributed by atoms with Crippen molar-refractivity contribution in [1.82, 2.24) is 15.1 Å². The molecule has 3 aromatic rings. The molecule has 5 nitrogen and oxygen atoms in total. The summed E-state index contributed by atoms with van der Waals surface area (Å²) in [5, 5.41) is 3.99. The van der Waals surface area contributed by atoms with Crippen molar-refractivity contribution in [2.75, 3.05) is 5.73 Å². The average molecular weight is 331 g/mol. The number of halogens is 1. The Bertz CT molecular complexity index is 741. The summed E-state index contributed by atoms with van der Waals surface area (Å²) >= 11 is 3.50. The fourth-order valence-corrected chi connectivity index (χ4v) is 2.26. The van der Waals surface area contributed by atoms with Crippen molar-refractivity contribution in [1.29, 1.82) is 0 Å². The van der Waals surface area contributed by atoms with Crippen LogP contribution in [0.3, 0.4) is 0 Å². The molecule has 2 aromatic heterocycles. The predicted octanol–water partition coefficient (Wildman–Crippen LogP) is 3.07. The summed E-state index contributed by atoms with van der Waals surface area (Å²) in [7, 11) is 0. The van der Waals surface area contributed by atoms with E-state index in [1.807, 2.05) is 24.3 Å². The number of anilines is 1. The molecule has 0 aliphatic heterocycles. The van der Waals surface area contributed by atoms with Gasteiger partial charge in [0.05, 0.1) is 0 Å². The zero-order valence-corrected chi connectivity index (χ0v) is 12.0. The van der Waals surface area contributed by atoms with Crippen molar-refractivity contribution < 1.29 is 4.52 Å². The maximum Gasteiger partial charge on any atom is 0.258 e. The third-order valence-corrected chi connectivity index (χ3v) is 3.58. The van der Waals surface area contributed by atoms with Gasteiger partial charge in [-0.25, -0.2) is 4.98 Å². The minimum Gasteiger partial charge on any atom is -0.384 e. The van der Waals surface area contributed by atoms with Crippen LogP contribution in [0.1, 0.15) is 11.4 Å². The van der Waals surface area contributed by atoms with Crippen molar-refractivity contribution in [3.05, 3.63) is 58.5 Å². The summed E-state index contributed by atoms with van der Waals surface area (Å²) in [6.45, 7) is 0. The van der Waals surface area contributed by atoms with Crippen LogP contribution < -0.4 is 5.73 Å². The standard InChI is InChI=1S/C14H11BrN4O/c15-11-4-2-1-3-9(11)8-13-18-14(20-19-13)10-5-6-17-12(16)7-10/h1-7H,8H2,(H2,16,17). The highest BCUT2D eigenvalue weighted by Crippen LogP contribution is 2.21. The maximum absolute atomic E-state index is 5.64. The number of nitrogens with zero attached hydrogens (tertiary/aromatic N) is 3. The molecule has 0 amide bonds. The van der Waals surface area contributed by atoms with Crippen LogP contribution in [0.2, 0.25) is 0 Å². The normalized spacial score (nSPS) is 10.7. The Kier molecular flexibility index (Phi) is 3.47. The molecular formula is C14H11BrN4O. The average Bonchev–Trinajstić information content (AvgIpc) is 2.90. The van der Waals surface area contributed by atoms with E-state index in [4.69, 9.17) is 10.3 Å². The fourth-order valence-electron chi connectivity index (χ4n) is 1.84. The molecule has 2 N–H and O–H groups in total. The number of benzene rings is 1. The van der Waals surface area contributed by atoms with Crippen LogP contribution in [0.25, 0.3) is 11.5 Å². The predicted molar refractivity (Wildman–Crippen MR) is 78.9 cm³/mol. The number of pyridine rings is 1. The van der Waals surface area contributed by atoms with Gasteiger partial charge in [0, 0.05) is 22.7 Å². The van der Waals surface area contributed by atoms with Crippen molar-refractivity contribution in [3.63, 3.8) is 0 Å². The first-order chi connectivity index (χ1) is 9.72. The third-order valence-electron chi connectivity index (χ3n) is 2.80. The molecule has 100 valence electrons. The molecule has 1 aromatic carbocycles. The SMILES string of the molecule is Nc1cc(-c2nc(Cc3ccccc3Br)no2)ccn1. The zero-order valence-electron chi connectivity index (χ0n) is 10.5. The molecule has 3 rings (SSSR count). The molecule has 0 radical (unpaired) electrons. The number of nitrogen functional groups attached to an aromatic ring is 1. The molecule has 0 aliphatic rings. The first-order valence-electron chi connectivity index (χ1n) is 6.00. The molecule has 2 heterocycles. The van der Waals surface area contributed by atoms with Gasteiger partial charge in [0.1, 0.15) is 5.82 Å². The summed E-state index contributed by atoms with van der Waals surface area (Å²) in [5.41, 5.74) is 7.51. The van der Waals surface area contributed by atoms with E-state index in [1.165, 1.54) is 0 Å². The van der Waals surface area contributed by atoms with Crippen LogP contribution in [-0.2, 0) is 6.42 Å². The number of aromatic nitrogens is 3. The quantitative estimate of drug-likeness (QED) is 0.798. The maximum atomic E-state index is 5.64. The Morgan fingerprint density at radius 1 is 1.20 bits per heavy atom. The monoisotopic (exact) mass is 330 g/mol. The Labute approximate surface area is 124 Å². The Balaban J connectivity index is 1.86. The number of hydrogen-bond donors (Lipinski definition) is 1. The largest absolute Gasteiger partial charge is 0.384 e. The van der Waals surface area contributed by atoms with Crippen molar-refractivity contribution in [3.8, 4) is 11.5 Å². The second-order valence-electron chi connectivity index (χ2n) is 4.25. The molecule has 0 spiro atoms. The Hall–Kier alpha value is -2.21. The van der Waals surface area contributed by atoms with Crippen molar-refractivity contribution >= 4 is 21.7 Å². The van der Waals surface area contributed by atoms with Gasteiger partial charge >= 0.3 is 0 Å². The van der Waals surface area contributed by atoms with E-state index in [0.717, 1.165) is 15.6 Å². The highest BCUT2D eigenvalue weighted by atomic mass is 79.9. The summed E-state index contributed by atoms with van der Waals surface area (Å²) < 4.78 is 6.29. The fraction of sp³-hybridized carbons (Fsp3) is 0.0714. The number of rotatable bonds is 3. The van der Waals surface area contributed by atoms with E-state index >= 15 is 0 Å². The highest BCUT2D eigenvalue weighted by Gasteiger charge is 2.11. The lowest BCUT2D eigenvalue weighted by molar-refractivity contribution is 0.424. The Morgan fingerprint density at radius 3 is 2.85 bits per heavy atom. The van der Waals surface area contributed by atoms with Crippen LogP contribution in [0.15, 0.2) is 51.6 Å². The Morgan fingerprint density at radius 2 is 2.05 bits per heavy atom. The lowest BCUT2D eigenvalue weighted by atomic mass is 10.1. The molecule has 0 bridgehead atoms. The van der Waals surface area contributed by atoms with Gasteiger partial charge in [0.25, 0.3) is 5.89 Å². The lowest BCUT2D eigenvalue weighted by Gasteiger charge is -1.99. The lowest BCUT2D eigenvalue weighted by Crippen LogP contribution is -1.92. The van der Waals surface area contributed by atoms with Gasteiger partial charge in [-0.2, -0.15) is 4.98 Å². The van der Waals surface area contributed by atoms with Crippen molar-refractivity contribution in [2.24, 2.45) is 0 Å². The molecule has 20 heavy (non-hydrogen) atoms. The summed E-state index contributed by atoms with van der Waals surface area (Å²) in [5.74, 6) is 1.50. The van der Waals surface area contributed by atoms with Crippen LogP contribution >= 0.6 is 15.9 Å². The van der Waals surface area contributed by atoms with E-state index in [1.54, 1.807) is 18.3 Å². The molecule has 0 aliphatic carbocycles. The highest BCUT2D eigenvalue weighted by molar-refractivity contribution is 9.10. The molecule has 0 saturated carbocycles. The van der Waals surface area contributed by atoms with E-state index in [-0.39, 0.29) is 0 Å². The zero-order chi connectivity index (χ0) is 13.9. The molecule has 6 heteroatoms. The van der Waals surface area contributed by atoms with Gasteiger partial charge in [0.2, 0.25) is 0 Å². The van der Waals surface area contributed by atoms with Gasteiger partial charge < -0.3 is 10.3 Å². The molecule has 0 atom stereocenters. The summed E-state index contributed by atoms with van der Waals surface area (Å²) in [6, 6.07) is 11.4. The van der Waals surface area contributed by atoms with Crippen LogP contribution in [0.5, 0.6) is 0 Å². The topological polar surface area (TPSA) is 77.8 Å². The van der Waals surface area contributed by atoms with Crippen molar-refractivity contribution in [2.45, 2.75) is 6.42 Å². The second kappa shape index (κ2) is 5.42. The van der Waals surface area contributed by atoms with Crippen LogP contribution in [0.4, 0.5) is 5.82 Å². The van der Waals surface area contributed by atoms with E-state index in [2.05, 4.69) is 31.1 Å². The van der Waals surface area contributed by atoms with E-state index in [9.17, 15) is 0 Å². The minimum atomic E-state index is 0.424. The molecular weight excluding hydrogens is 320 g/mol. The first kappa shape index (κ1) is 12.8. The molecule has 0 unspecified atom stereocenters. The molecule has 0 saturated heterocycles. The van der Waals surface area contributed by atoms with E-state index < -0.39 is 0 Å². The van der Waals surface area contributed by atoms with Gasteiger partial charge in [-0.1, -0.05) is 39.3 Å². The van der Waals surface area contributed by atoms with Gasteiger partial charge in [0.15, 0.2) is 5.82 Å². The molecule has 0 fully saturated rings. The van der Waals surface area contributed by atoms with E-state index in [0.29, 0.717) is 24.0 Å². The van der Waals surface area contributed by atoms with Gasteiger partial charge in [-0.3, -0.25) is 0 Å². The first-order valence-corrected chi connectivity index (χ1v) is 6.79. The van der Waals surface area contributed by atoms with Crippen LogP contribution in [-0.4, -0.2) is 15.1 Å². The van der Waals surface area contributed by atoms with Crippen LogP contribution in [0, 0.1) is 0 Å². The number of nitrogens with two attached hydrogens (primary N) is 1. The number of hydrogen-bond acceptors (Lipinski definition) is 5. The van der Waals surface area contributed by atoms with Gasteiger partial charge in [-0.05, 0) is 23.8 Å².